The van der Waals surface area contributed by atoms with E-state index in [1.807, 2.05) is 6.92 Å². The van der Waals surface area contributed by atoms with Crippen LogP contribution in [0.25, 0.3) is 0 Å². The molecule has 18 heavy (non-hydrogen) atoms. The summed E-state index contributed by atoms with van der Waals surface area (Å²) in [5.41, 5.74) is 0. The Morgan fingerprint density at radius 2 is 1.89 bits per heavy atom. The van der Waals surface area contributed by atoms with Crippen LogP contribution in [0.3, 0.4) is 0 Å². The maximum atomic E-state index is 11.5. The van der Waals surface area contributed by atoms with Gasteiger partial charge in [-0.3, -0.25) is 4.79 Å². The molecule has 1 unspecified atom stereocenters. The summed E-state index contributed by atoms with van der Waals surface area (Å²) in [5.74, 6) is -2.04. The van der Waals surface area contributed by atoms with Crippen LogP contribution in [0.15, 0.2) is 0 Å². The number of unbranched alkanes of at least 4 members (excludes halogenated alkanes) is 3. The number of amides is 1. The molecule has 5 nitrogen and oxygen atoms in total. The van der Waals surface area contributed by atoms with Crippen molar-refractivity contribution < 1.29 is 19.8 Å². The second kappa shape index (κ2) is 11.0. The molecular weight excluding hydrogens is 234 g/mol. The molecule has 106 valence electrons. The van der Waals surface area contributed by atoms with E-state index >= 15 is 0 Å². The van der Waals surface area contributed by atoms with Crippen molar-refractivity contribution in [1.29, 1.82) is 0 Å². The van der Waals surface area contributed by atoms with Gasteiger partial charge in [-0.1, -0.05) is 26.2 Å². The lowest BCUT2D eigenvalue weighted by atomic mass is 10.00. The molecule has 1 atom stereocenters. The van der Waals surface area contributed by atoms with Crippen LogP contribution in [-0.2, 0) is 9.59 Å². The van der Waals surface area contributed by atoms with E-state index in [1.165, 1.54) is 0 Å². The molecule has 0 aliphatic heterocycles. The lowest BCUT2D eigenvalue weighted by molar-refractivity contribution is -0.311. The van der Waals surface area contributed by atoms with Gasteiger partial charge in [0.15, 0.2) is 0 Å². The molecule has 2 N–H and O–H groups in total. The summed E-state index contributed by atoms with van der Waals surface area (Å²) in [4.78, 5) is 22.2. The van der Waals surface area contributed by atoms with Crippen molar-refractivity contribution >= 4 is 11.9 Å². The average molecular weight is 258 g/mol. The van der Waals surface area contributed by atoms with Crippen molar-refractivity contribution in [3.8, 4) is 0 Å². The number of carbonyl (C=O) groups is 2. The molecule has 0 aliphatic carbocycles. The van der Waals surface area contributed by atoms with Crippen molar-refractivity contribution in [2.24, 2.45) is 5.92 Å². The molecule has 0 rings (SSSR count). The van der Waals surface area contributed by atoms with Crippen molar-refractivity contribution in [2.75, 3.05) is 13.2 Å². The molecule has 0 aromatic carbocycles. The van der Waals surface area contributed by atoms with Gasteiger partial charge in [0.25, 0.3) is 0 Å². The normalized spacial score (nSPS) is 12.1. The molecule has 0 aliphatic rings. The van der Waals surface area contributed by atoms with Crippen LogP contribution in [0.5, 0.6) is 0 Å². The highest BCUT2D eigenvalue weighted by Gasteiger charge is 2.13. The third kappa shape index (κ3) is 8.98. The number of hydrogen-bond donors (Lipinski definition) is 2. The molecule has 0 heterocycles. The van der Waals surface area contributed by atoms with Crippen LogP contribution in [0.1, 0.15) is 51.9 Å². The van der Waals surface area contributed by atoms with Crippen LogP contribution in [-0.4, -0.2) is 30.1 Å². The van der Waals surface area contributed by atoms with E-state index in [0.29, 0.717) is 13.0 Å². The van der Waals surface area contributed by atoms with E-state index in [9.17, 15) is 14.7 Å². The Hall–Kier alpha value is -1.10. The molecule has 5 heteroatoms. The maximum Gasteiger partial charge on any atom is 0.220 e. The van der Waals surface area contributed by atoms with E-state index in [2.05, 4.69) is 5.32 Å². The van der Waals surface area contributed by atoms with Gasteiger partial charge in [-0.2, -0.15) is 0 Å². The zero-order chi connectivity index (χ0) is 13.8. The fraction of sp³-hybridized carbons (Fsp3) is 0.846. The van der Waals surface area contributed by atoms with Crippen LogP contribution in [0.2, 0.25) is 0 Å². The second-order valence-corrected chi connectivity index (χ2v) is 4.50. The Labute approximate surface area is 109 Å². The number of nitrogens with one attached hydrogen (secondary N) is 1. The number of hydrogen-bond acceptors (Lipinski definition) is 4. The van der Waals surface area contributed by atoms with Crippen LogP contribution >= 0.6 is 0 Å². The summed E-state index contributed by atoms with van der Waals surface area (Å²) >= 11 is 0. The van der Waals surface area contributed by atoms with Gasteiger partial charge < -0.3 is 20.3 Å². The smallest absolute Gasteiger partial charge is 0.220 e. The molecule has 0 radical (unpaired) electrons. The number of aliphatic hydroxyl groups excluding tert-OH is 1. The Balaban J connectivity index is 3.65. The summed E-state index contributed by atoms with van der Waals surface area (Å²) in [6.45, 7) is 2.65. The fourth-order valence-electron chi connectivity index (χ4n) is 1.77. The van der Waals surface area contributed by atoms with Gasteiger partial charge in [-0.15, -0.1) is 0 Å². The quantitative estimate of drug-likeness (QED) is 0.518. The Morgan fingerprint density at radius 1 is 1.22 bits per heavy atom. The third-order valence-corrected chi connectivity index (χ3v) is 2.81. The van der Waals surface area contributed by atoms with E-state index < -0.39 is 11.9 Å². The van der Waals surface area contributed by atoms with Gasteiger partial charge >= 0.3 is 0 Å². The molecule has 0 saturated heterocycles. The number of carbonyl (C=O) groups excluding carboxylic acids is 2. The average Bonchev–Trinajstić information content (AvgIpc) is 2.33. The van der Waals surface area contributed by atoms with E-state index in [0.717, 1.165) is 32.1 Å². The molecule has 0 saturated carbocycles. The Morgan fingerprint density at radius 3 is 2.44 bits per heavy atom. The van der Waals surface area contributed by atoms with Crippen LogP contribution in [0.4, 0.5) is 0 Å². The highest BCUT2D eigenvalue weighted by atomic mass is 16.4. The Bertz CT molecular complexity index is 243. The minimum Gasteiger partial charge on any atom is -0.550 e. The highest BCUT2D eigenvalue weighted by molar-refractivity contribution is 5.81. The monoisotopic (exact) mass is 258 g/mol. The van der Waals surface area contributed by atoms with Crippen molar-refractivity contribution in [2.45, 2.75) is 51.9 Å². The van der Waals surface area contributed by atoms with Gasteiger partial charge in [0.2, 0.25) is 5.91 Å². The molecule has 0 aromatic heterocycles. The van der Waals surface area contributed by atoms with E-state index in [1.54, 1.807) is 0 Å². The lowest BCUT2D eigenvalue weighted by Gasteiger charge is -2.16. The summed E-state index contributed by atoms with van der Waals surface area (Å²) in [5, 5.41) is 22.1. The predicted octanol–water partition coefficient (Wildman–Crippen LogP) is 0.212. The van der Waals surface area contributed by atoms with Crippen molar-refractivity contribution in [3.05, 3.63) is 0 Å². The first-order chi connectivity index (χ1) is 8.61. The summed E-state index contributed by atoms with van der Waals surface area (Å²) < 4.78 is 0. The van der Waals surface area contributed by atoms with Gasteiger partial charge in [0.05, 0.1) is 0 Å². The number of aliphatic carboxylic acids is 1. The second-order valence-electron chi connectivity index (χ2n) is 4.50. The SMILES string of the molecule is CCCC(CC(=O)NCCCCCCO)C(=O)[O-]. The molecule has 0 spiro atoms. The predicted molar refractivity (Wildman–Crippen MR) is 66.6 cm³/mol. The van der Waals surface area contributed by atoms with Crippen molar-refractivity contribution in [3.63, 3.8) is 0 Å². The molecule has 0 aromatic rings. The van der Waals surface area contributed by atoms with Gasteiger partial charge in [0.1, 0.15) is 0 Å². The number of rotatable bonds is 11. The first kappa shape index (κ1) is 16.9. The van der Waals surface area contributed by atoms with Crippen LogP contribution < -0.4 is 10.4 Å². The first-order valence-electron chi connectivity index (χ1n) is 6.70. The minimum absolute atomic E-state index is 0.00676. The summed E-state index contributed by atoms with van der Waals surface area (Å²) in [6, 6.07) is 0. The molecular formula is C13H24NO4-. The molecule has 1 amide bonds. The standard InChI is InChI=1S/C13H25NO4/c1-2-7-11(13(17)18)10-12(16)14-8-5-3-4-6-9-15/h11,15H,2-10H2,1H3,(H,14,16)(H,17,18)/p-1. The largest absolute Gasteiger partial charge is 0.550 e. The van der Waals surface area contributed by atoms with Gasteiger partial charge in [0, 0.05) is 31.5 Å². The van der Waals surface area contributed by atoms with E-state index in [4.69, 9.17) is 5.11 Å². The van der Waals surface area contributed by atoms with Crippen LogP contribution in [0, 0.1) is 5.92 Å². The van der Waals surface area contributed by atoms with Crippen molar-refractivity contribution in [1.82, 2.24) is 5.32 Å². The topological polar surface area (TPSA) is 89.5 Å². The number of aliphatic hydroxyl groups is 1. The first-order valence-corrected chi connectivity index (χ1v) is 6.70. The fourth-order valence-corrected chi connectivity index (χ4v) is 1.77. The summed E-state index contributed by atoms with van der Waals surface area (Å²) in [7, 11) is 0. The van der Waals surface area contributed by atoms with Gasteiger partial charge in [-0.25, -0.2) is 0 Å². The highest BCUT2D eigenvalue weighted by Crippen LogP contribution is 2.10. The lowest BCUT2D eigenvalue weighted by Crippen LogP contribution is -2.36. The van der Waals surface area contributed by atoms with Gasteiger partial charge in [-0.05, 0) is 19.3 Å². The molecule has 0 fully saturated rings. The number of carboxylic acids is 1. The third-order valence-electron chi connectivity index (χ3n) is 2.81. The number of carboxylic acid groups (broad SMARTS) is 1. The minimum atomic E-state index is -1.14. The Kier molecular flexibility index (Phi) is 10.3. The van der Waals surface area contributed by atoms with E-state index in [-0.39, 0.29) is 18.9 Å². The maximum absolute atomic E-state index is 11.5. The summed E-state index contributed by atoms with van der Waals surface area (Å²) in [6.07, 6.45) is 4.77. The zero-order valence-corrected chi connectivity index (χ0v) is 11.1. The zero-order valence-electron chi connectivity index (χ0n) is 11.1. The molecule has 0 bridgehead atoms.